The number of piperidine rings is 1. The lowest BCUT2D eigenvalue weighted by molar-refractivity contribution is -0.145. The number of methoxy groups -OCH3 is 1. The summed E-state index contributed by atoms with van der Waals surface area (Å²) in [5, 5.41) is 9.73. The van der Waals surface area contributed by atoms with Crippen molar-refractivity contribution in [3.8, 4) is 22.6 Å². The highest BCUT2D eigenvalue weighted by atomic mass is 19.4. The van der Waals surface area contributed by atoms with Crippen LogP contribution in [-0.4, -0.2) is 35.7 Å². The van der Waals surface area contributed by atoms with Crippen molar-refractivity contribution in [2.24, 2.45) is 0 Å². The minimum atomic E-state index is -4.55. The van der Waals surface area contributed by atoms with Crippen LogP contribution in [-0.2, 0) is 37.0 Å². The predicted molar refractivity (Wildman–Crippen MR) is 142 cm³/mol. The van der Waals surface area contributed by atoms with Crippen molar-refractivity contribution in [2.45, 2.75) is 63.9 Å². The number of rotatable bonds is 8. The van der Waals surface area contributed by atoms with Gasteiger partial charge in [0.2, 0.25) is 0 Å². The molecule has 0 radical (unpaired) electrons. The molecule has 1 fully saturated rings. The lowest BCUT2D eigenvalue weighted by Crippen LogP contribution is -2.44. The van der Waals surface area contributed by atoms with Crippen molar-refractivity contribution in [1.82, 2.24) is 4.90 Å². The minimum Gasteiger partial charge on any atom is -0.496 e. The number of alkyl halides is 3. The van der Waals surface area contributed by atoms with Gasteiger partial charge in [0.1, 0.15) is 24.1 Å². The summed E-state index contributed by atoms with van der Waals surface area (Å²) in [5.74, 6) is 0.285. The van der Waals surface area contributed by atoms with E-state index in [1.807, 2.05) is 4.90 Å². The Morgan fingerprint density at radius 2 is 1.77 bits per heavy atom. The number of carboxylic acids is 1. The third-order valence-electron chi connectivity index (χ3n) is 7.82. The van der Waals surface area contributed by atoms with E-state index in [0.717, 1.165) is 48.8 Å². The number of halogens is 3. The molecular formula is C31H32F3NO4. The highest BCUT2D eigenvalue weighted by Gasteiger charge is 2.37. The van der Waals surface area contributed by atoms with Crippen molar-refractivity contribution in [1.29, 1.82) is 0 Å². The summed E-state index contributed by atoms with van der Waals surface area (Å²) in [5.41, 5.74) is 2.98. The molecule has 0 saturated carbocycles. The molecule has 1 saturated heterocycles. The molecule has 1 aliphatic carbocycles. The van der Waals surface area contributed by atoms with Gasteiger partial charge < -0.3 is 14.6 Å². The SMILES string of the molecule is COc1cc(OCc2cccc(-c3ccccc3)c2C(F)(F)F)c2c(c1CN1CCCCC1C(=O)O)CCC2. The molecule has 206 valence electrons. The van der Waals surface area contributed by atoms with Crippen LogP contribution in [0.5, 0.6) is 11.5 Å². The van der Waals surface area contributed by atoms with Gasteiger partial charge in [-0.05, 0) is 60.9 Å². The van der Waals surface area contributed by atoms with Crippen LogP contribution in [0.15, 0.2) is 54.6 Å². The Balaban J connectivity index is 1.47. The van der Waals surface area contributed by atoms with E-state index in [1.165, 1.54) is 12.1 Å². The van der Waals surface area contributed by atoms with E-state index in [0.29, 0.717) is 36.6 Å². The molecule has 3 aromatic rings. The van der Waals surface area contributed by atoms with Crippen LogP contribution in [0.1, 0.15) is 53.5 Å². The van der Waals surface area contributed by atoms with Crippen LogP contribution < -0.4 is 9.47 Å². The Bertz CT molecular complexity index is 1340. The van der Waals surface area contributed by atoms with Gasteiger partial charge in [0, 0.05) is 23.7 Å². The smallest absolute Gasteiger partial charge is 0.417 e. The number of benzene rings is 3. The summed E-state index contributed by atoms with van der Waals surface area (Å²) in [6.45, 7) is 0.920. The summed E-state index contributed by atoms with van der Waals surface area (Å²) in [7, 11) is 1.56. The van der Waals surface area contributed by atoms with Gasteiger partial charge in [0.15, 0.2) is 0 Å². The number of fused-ring (bicyclic) bond motifs is 1. The zero-order chi connectivity index (χ0) is 27.6. The van der Waals surface area contributed by atoms with E-state index in [-0.39, 0.29) is 17.7 Å². The fraction of sp³-hybridized carbons (Fsp3) is 0.387. The van der Waals surface area contributed by atoms with E-state index < -0.39 is 23.8 Å². The second-order valence-corrected chi connectivity index (χ2v) is 10.2. The Morgan fingerprint density at radius 1 is 1.00 bits per heavy atom. The van der Waals surface area contributed by atoms with Crippen molar-refractivity contribution < 1.29 is 32.5 Å². The number of aliphatic carboxylic acids is 1. The molecule has 0 bridgehead atoms. The lowest BCUT2D eigenvalue weighted by Gasteiger charge is -2.34. The molecule has 1 unspecified atom stereocenters. The highest BCUT2D eigenvalue weighted by Crippen LogP contribution is 2.43. The quantitative estimate of drug-likeness (QED) is 0.338. The number of ether oxygens (including phenoxy) is 2. The molecule has 1 atom stereocenters. The molecule has 1 N–H and O–H groups in total. The second-order valence-electron chi connectivity index (χ2n) is 10.2. The van der Waals surface area contributed by atoms with E-state index in [4.69, 9.17) is 9.47 Å². The van der Waals surface area contributed by atoms with Gasteiger partial charge in [0.25, 0.3) is 0 Å². The molecule has 1 aliphatic heterocycles. The van der Waals surface area contributed by atoms with Gasteiger partial charge in [-0.15, -0.1) is 0 Å². The van der Waals surface area contributed by atoms with Gasteiger partial charge in [-0.2, -0.15) is 13.2 Å². The third-order valence-corrected chi connectivity index (χ3v) is 7.82. The molecule has 0 spiro atoms. The number of carbonyl (C=O) groups is 1. The standard InChI is InChI=1S/C31H32F3NO4/c1-38-27-17-28(24-14-8-13-23(24)25(27)18-35-16-6-5-15-26(35)30(36)37)39-19-21-11-7-12-22(29(21)31(32,33)34)20-9-3-2-4-10-20/h2-4,7,9-12,17,26H,5-6,8,13-16,18-19H2,1H3,(H,36,37). The van der Waals surface area contributed by atoms with Gasteiger partial charge in [-0.3, -0.25) is 9.69 Å². The molecule has 5 nitrogen and oxygen atoms in total. The number of likely N-dealkylation sites (tertiary alicyclic amines) is 1. The first kappa shape index (κ1) is 27.1. The normalized spacial score (nSPS) is 17.6. The van der Waals surface area contributed by atoms with Crippen molar-refractivity contribution in [2.75, 3.05) is 13.7 Å². The Labute approximate surface area is 226 Å². The summed E-state index contributed by atoms with van der Waals surface area (Å²) in [6, 6.07) is 14.4. The van der Waals surface area contributed by atoms with Gasteiger partial charge >= 0.3 is 12.1 Å². The molecular weight excluding hydrogens is 507 g/mol. The van der Waals surface area contributed by atoms with E-state index in [2.05, 4.69) is 0 Å². The van der Waals surface area contributed by atoms with Crippen LogP contribution in [0, 0.1) is 0 Å². The average Bonchev–Trinajstić information content (AvgIpc) is 3.43. The van der Waals surface area contributed by atoms with Crippen LogP contribution >= 0.6 is 0 Å². The largest absolute Gasteiger partial charge is 0.496 e. The fourth-order valence-electron chi connectivity index (χ4n) is 6.01. The Hall–Kier alpha value is -3.52. The topological polar surface area (TPSA) is 59.0 Å². The molecule has 8 heteroatoms. The Morgan fingerprint density at radius 3 is 2.49 bits per heavy atom. The van der Waals surface area contributed by atoms with Crippen LogP contribution in [0.3, 0.4) is 0 Å². The summed E-state index contributed by atoms with van der Waals surface area (Å²) < 4.78 is 54.7. The molecule has 0 amide bonds. The zero-order valence-corrected chi connectivity index (χ0v) is 21.9. The first-order valence-corrected chi connectivity index (χ1v) is 13.3. The second kappa shape index (κ2) is 11.3. The molecule has 3 aromatic carbocycles. The zero-order valence-electron chi connectivity index (χ0n) is 21.9. The molecule has 5 rings (SSSR count). The monoisotopic (exact) mass is 539 g/mol. The third kappa shape index (κ3) is 5.62. The number of hydrogen-bond donors (Lipinski definition) is 1. The maximum atomic E-state index is 14.3. The summed E-state index contributed by atoms with van der Waals surface area (Å²) in [4.78, 5) is 13.9. The van der Waals surface area contributed by atoms with E-state index in [9.17, 15) is 23.1 Å². The molecule has 0 aromatic heterocycles. The van der Waals surface area contributed by atoms with Crippen LogP contribution in [0.2, 0.25) is 0 Å². The maximum Gasteiger partial charge on any atom is 0.417 e. The van der Waals surface area contributed by atoms with Gasteiger partial charge in [0.05, 0.1) is 12.7 Å². The van der Waals surface area contributed by atoms with Crippen molar-refractivity contribution in [3.05, 3.63) is 82.4 Å². The summed E-state index contributed by atoms with van der Waals surface area (Å²) in [6.07, 6.45) is 0.334. The van der Waals surface area contributed by atoms with Crippen LogP contribution in [0.4, 0.5) is 13.2 Å². The minimum absolute atomic E-state index is 0.0660. The maximum absolute atomic E-state index is 14.3. The number of hydrogen-bond acceptors (Lipinski definition) is 4. The highest BCUT2D eigenvalue weighted by molar-refractivity contribution is 5.73. The predicted octanol–water partition coefficient (Wildman–Crippen LogP) is 6.89. The van der Waals surface area contributed by atoms with Gasteiger partial charge in [-0.1, -0.05) is 55.0 Å². The lowest BCUT2D eigenvalue weighted by atomic mass is 9.95. The van der Waals surface area contributed by atoms with Crippen molar-refractivity contribution >= 4 is 5.97 Å². The Kier molecular flexibility index (Phi) is 7.84. The van der Waals surface area contributed by atoms with Gasteiger partial charge in [-0.25, -0.2) is 0 Å². The van der Waals surface area contributed by atoms with E-state index in [1.54, 1.807) is 49.6 Å². The summed E-state index contributed by atoms with van der Waals surface area (Å²) >= 11 is 0. The number of carboxylic acid groups (broad SMARTS) is 1. The average molecular weight is 540 g/mol. The van der Waals surface area contributed by atoms with Crippen molar-refractivity contribution in [3.63, 3.8) is 0 Å². The molecule has 1 heterocycles. The first-order valence-electron chi connectivity index (χ1n) is 13.3. The van der Waals surface area contributed by atoms with Crippen LogP contribution in [0.25, 0.3) is 11.1 Å². The molecule has 39 heavy (non-hydrogen) atoms. The molecule has 2 aliphatic rings. The van der Waals surface area contributed by atoms with E-state index >= 15 is 0 Å². The fourth-order valence-corrected chi connectivity index (χ4v) is 6.01. The number of nitrogens with zero attached hydrogens (tertiary/aromatic N) is 1. The first-order chi connectivity index (χ1) is 18.8.